The van der Waals surface area contributed by atoms with Gasteiger partial charge in [-0.1, -0.05) is 12.1 Å². The fraction of sp³-hybridized carbons (Fsp3) is 0.533. The van der Waals surface area contributed by atoms with Crippen LogP contribution in [0, 0.1) is 0 Å². The molecule has 0 saturated carbocycles. The van der Waals surface area contributed by atoms with E-state index >= 15 is 0 Å². The van der Waals surface area contributed by atoms with Crippen LogP contribution in [0.4, 0.5) is 8.78 Å². The van der Waals surface area contributed by atoms with E-state index in [0.29, 0.717) is 19.4 Å². The quantitative estimate of drug-likeness (QED) is 0.825. The summed E-state index contributed by atoms with van der Waals surface area (Å²) >= 11 is 0. The van der Waals surface area contributed by atoms with E-state index < -0.39 is 12.2 Å². The molecule has 8 heteroatoms. The number of piperidine rings is 1. The third kappa shape index (κ3) is 5.30. The zero-order valence-corrected chi connectivity index (χ0v) is 13.6. The van der Waals surface area contributed by atoms with Gasteiger partial charge in [0.2, 0.25) is 0 Å². The highest BCUT2D eigenvalue weighted by Crippen LogP contribution is 2.23. The van der Waals surface area contributed by atoms with E-state index in [-0.39, 0.29) is 24.1 Å². The van der Waals surface area contributed by atoms with E-state index in [1.807, 2.05) is 0 Å². The number of hydrogen-bond donors (Lipinski definition) is 2. The largest absolute Gasteiger partial charge is 0.435 e. The summed E-state index contributed by atoms with van der Waals surface area (Å²) in [5.74, 6) is -0.0544. The Morgan fingerprint density at radius 2 is 1.91 bits per heavy atom. The molecule has 1 aliphatic rings. The van der Waals surface area contributed by atoms with Gasteiger partial charge in [-0.05, 0) is 43.6 Å². The van der Waals surface area contributed by atoms with E-state index in [9.17, 15) is 13.6 Å². The Morgan fingerprint density at radius 1 is 1.30 bits per heavy atom. The lowest BCUT2D eigenvalue weighted by molar-refractivity contribution is -0.146. The van der Waals surface area contributed by atoms with Gasteiger partial charge < -0.3 is 20.1 Å². The van der Waals surface area contributed by atoms with Crippen LogP contribution in [0.3, 0.4) is 0 Å². The molecule has 1 amide bonds. The lowest BCUT2D eigenvalue weighted by Gasteiger charge is -2.34. The van der Waals surface area contributed by atoms with E-state index in [0.717, 1.165) is 18.7 Å². The molecule has 2 rings (SSSR count). The van der Waals surface area contributed by atoms with Crippen LogP contribution in [0.1, 0.15) is 18.4 Å². The van der Waals surface area contributed by atoms with Crippen molar-refractivity contribution in [3.05, 3.63) is 29.8 Å². The normalized spacial score (nSPS) is 16.5. The summed E-state index contributed by atoms with van der Waals surface area (Å²) in [7, 11) is 1.54. The smallest absolute Gasteiger partial charge is 0.387 e. The number of benzene rings is 1. The first kappa shape index (κ1) is 19.6. The molecular weight excluding hydrogens is 330 g/mol. The standard InChI is InChI=1S/C15H20F2N2O3.ClH/c1-21-15(6-8-18-9-7-15)13(20)19-10-11-2-4-12(5-3-11)22-14(16)17;/h2-5,14,18H,6-10H2,1H3,(H,19,20);1H. The summed E-state index contributed by atoms with van der Waals surface area (Å²) in [6.45, 7) is -1.05. The molecule has 1 saturated heterocycles. The van der Waals surface area contributed by atoms with Crippen LogP contribution >= 0.6 is 12.4 Å². The van der Waals surface area contributed by atoms with Gasteiger partial charge in [0, 0.05) is 13.7 Å². The van der Waals surface area contributed by atoms with Gasteiger partial charge in [0.05, 0.1) is 0 Å². The fourth-order valence-electron chi connectivity index (χ4n) is 2.49. The molecule has 0 bridgehead atoms. The minimum absolute atomic E-state index is 0. The molecule has 0 unspecified atom stereocenters. The first-order chi connectivity index (χ1) is 10.6. The number of ether oxygens (including phenoxy) is 2. The second-order valence-electron chi connectivity index (χ2n) is 5.15. The number of alkyl halides is 2. The van der Waals surface area contributed by atoms with Crippen molar-refractivity contribution < 1.29 is 23.0 Å². The van der Waals surface area contributed by atoms with E-state index in [1.54, 1.807) is 19.2 Å². The van der Waals surface area contributed by atoms with Crippen LogP contribution < -0.4 is 15.4 Å². The lowest BCUT2D eigenvalue weighted by Crippen LogP contribution is -2.53. The van der Waals surface area contributed by atoms with Crippen molar-refractivity contribution in [1.82, 2.24) is 10.6 Å². The lowest BCUT2D eigenvalue weighted by atomic mass is 9.91. The average Bonchev–Trinajstić information content (AvgIpc) is 2.54. The fourth-order valence-corrected chi connectivity index (χ4v) is 2.49. The predicted octanol–water partition coefficient (Wildman–Crippen LogP) is 2.09. The predicted molar refractivity (Wildman–Crippen MR) is 84.0 cm³/mol. The summed E-state index contributed by atoms with van der Waals surface area (Å²) in [5, 5.41) is 6.03. The summed E-state index contributed by atoms with van der Waals surface area (Å²) in [4.78, 5) is 12.3. The molecule has 5 nitrogen and oxygen atoms in total. The molecule has 23 heavy (non-hydrogen) atoms. The van der Waals surface area contributed by atoms with Crippen molar-refractivity contribution in [1.29, 1.82) is 0 Å². The first-order valence-electron chi connectivity index (χ1n) is 7.14. The van der Waals surface area contributed by atoms with E-state index in [4.69, 9.17) is 4.74 Å². The second-order valence-corrected chi connectivity index (χ2v) is 5.15. The number of carbonyl (C=O) groups excluding carboxylic acids is 1. The second kappa shape index (κ2) is 9.00. The molecule has 2 N–H and O–H groups in total. The van der Waals surface area contributed by atoms with Crippen molar-refractivity contribution >= 4 is 18.3 Å². The van der Waals surface area contributed by atoms with Gasteiger partial charge in [-0.15, -0.1) is 12.4 Å². The van der Waals surface area contributed by atoms with Crippen molar-refractivity contribution in [3.63, 3.8) is 0 Å². The van der Waals surface area contributed by atoms with Crippen LogP contribution in [0.2, 0.25) is 0 Å². The number of halogens is 3. The molecule has 1 fully saturated rings. The molecule has 1 aromatic rings. The van der Waals surface area contributed by atoms with Gasteiger partial charge in [0.25, 0.3) is 5.91 Å². The molecule has 130 valence electrons. The maximum absolute atomic E-state index is 12.3. The van der Waals surface area contributed by atoms with E-state index in [1.165, 1.54) is 12.1 Å². The Kier molecular flexibility index (Phi) is 7.67. The van der Waals surface area contributed by atoms with Gasteiger partial charge >= 0.3 is 6.61 Å². The van der Waals surface area contributed by atoms with Crippen molar-refractivity contribution in [2.24, 2.45) is 0 Å². The minimum atomic E-state index is -2.84. The van der Waals surface area contributed by atoms with Gasteiger partial charge in [-0.3, -0.25) is 4.79 Å². The van der Waals surface area contributed by atoms with Crippen molar-refractivity contribution in [3.8, 4) is 5.75 Å². The molecule has 1 aliphatic heterocycles. The topological polar surface area (TPSA) is 59.6 Å². The molecule has 0 spiro atoms. The molecule has 0 atom stereocenters. The first-order valence-corrected chi connectivity index (χ1v) is 7.14. The highest BCUT2D eigenvalue weighted by atomic mass is 35.5. The summed E-state index contributed by atoms with van der Waals surface area (Å²) in [6, 6.07) is 6.17. The Labute approximate surface area is 140 Å². The SMILES string of the molecule is COC1(C(=O)NCc2ccc(OC(F)F)cc2)CCNCC1.Cl. The average molecular weight is 351 g/mol. The number of carbonyl (C=O) groups is 1. The van der Waals surface area contributed by atoms with E-state index in [2.05, 4.69) is 15.4 Å². The molecule has 0 aromatic heterocycles. The van der Waals surface area contributed by atoms with Crippen LogP contribution in [-0.4, -0.2) is 38.3 Å². The number of methoxy groups -OCH3 is 1. The Hall–Kier alpha value is -1.44. The molecule has 0 aliphatic carbocycles. The number of hydrogen-bond acceptors (Lipinski definition) is 4. The molecule has 1 heterocycles. The van der Waals surface area contributed by atoms with Gasteiger partial charge in [0.1, 0.15) is 11.4 Å². The zero-order chi connectivity index (χ0) is 16.0. The number of nitrogens with one attached hydrogen (secondary N) is 2. The Balaban J connectivity index is 0.00000264. The van der Waals surface area contributed by atoms with Gasteiger partial charge in [-0.25, -0.2) is 0 Å². The van der Waals surface area contributed by atoms with Crippen molar-refractivity contribution in [2.75, 3.05) is 20.2 Å². The minimum Gasteiger partial charge on any atom is -0.435 e. The molecule has 0 radical (unpaired) electrons. The third-order valence-corrected chi connectivity index (χ3v) is 3.82. The third-order valence-electron chi connectivity index (χ3n) is 3.82. The maximum atomic E-state index is 12.3. The highest BCUT2D eigenvalue weighted by Gasteiger charge is 2.39. The monoisotopic (exact) mass is 350 g/mol. The number of amides is 1. The van der Waals surface area contributed by atoms with Gasteiger partial charge in [0.15, 0.2) is 0 Å². The van der Waals surface area contributed by atoms with Crippen LogP contribution in [0.25, 0.3) is 0 Å². The van der Waals surface area contributed by atoms with Gasteiger partial charge in [-0.2, -0.15) is 8.78 Å². The Bertz CT molecular complexity index is 494. The summed E-state index contributed by atoms with van der Waals surface area (Å²) < 4.78 is 33.8. The highest BCUT2D eigenvalue weighted by molar-refractivity contribution is 5.85. The Morgan fingerprint density at radius 3 is 2.43 bits per heavy atom. The zero-order valence-electron chi connectivity index (χ0n) is 12.8. The summed E-state index contributed by atoms with van der Waals surface area (Å²) in [6.07, 6.45) is 1.24. The summed E-state index contributed by atoms with van der Waals surface area (Å²) in [5.41, 5.74) is 0.0133. The van der Waals surface area contributed by atoms with Crippen LogP contribution in [0.15, 0.2) is 24.3 Å². The van der Waals surface area contributed by atoms with Crippen LogP contribution in [0.5, 0.6) is 5.75 Å². The molecule has 1 aromatic carbocycles. The number of rotatable bonds is 6. The van der Waals surface area contributed by atoms with Crippen LogP contribution in [-0.2, 0) is 16.1 Å². The molecular formula is C15H21ClF2N2O3. The maximum Gasteiger partial charge on any atom is 0.387 e. The van der Waals surface area contributed by atoms with Crippen molar-refractivity contribution in [2.45, 2.75) is 31.6 Å².